The highest BCUT2D eigenvalue weighted by Gasteiger charge is 2.37. The van der Waals surface area contributed by atoms with Gasteiger partial charge in [0, 0.05) is 30.1 Å². The number of aromatic nitrogens is 2. The summed E-state index contributed by atoms with van der Waals surface area (Å²) in [6.07, 6.45) is 4.75. The molecule has 0 spiro atoms. The van der Waals surface area contributed by atoms with Gasteiger partial charge in [0.15, 0.2) is 29.0 Å². The van der Waals surface area contributed by atoms with Crippen molar-refractivity contribution in [3.63, 3.8) is 0 Å². The molecule has 11 nitrogen and oxygen atoms in total. The van der Waals surface area contributed by atoms with Crippen LogP contribution in [0.4, 0.5) is 9.93 Å². The Hall–Kier alpha value is -4.10. The number of thiazole rings is 1. The molecule has 5 heterocycles. The number of fused-ring (bicyclic) bond motifs is 3. The number of amides is 1. The highest BCUT2D eigenvalue weighted by Crippen LogP contribution is 2.36. The Bertz CT molecular complexity index is 1730. The lowest BCUT2D eigenvalue weighted by Crippen LogP contribution is -2.53. The molecule has 0 aliphatic carbocycles. The molecule has 2 aromatic carbocycles. The van der Waals surface area contributed by atoms with Crippen LogP contribution in [-0.4, -0.2) is 61.9 Å². The number of carbonyl (C=O) groups excluding carboxylic acids is 2. The molecular formula is C34H34Cl2N4O7S. The van der Waals surface area contributed by atoms with Crippen molar-refractivity contribution in [3.05, 3.63) is 104 Å². The molecule has 14 heteroatoms. The summed E-state index contributed by atoms with van der Waals surface area (Å²) in [6, 6.07) is 12.0. The van der Waals surface area contributed by atoms with Crippen molar-refractivity contribution < 1.29 is 33.3 Å². The van der Waals surface area contributed by atoms with Gasteiger partial charge in [0.05, 0.1) is 26.3 Å². The number of pyridine rings is 1. The molecule has 48 heavy (non-hydrogen) atoms. The van der Waals surface area contributed by atoms with E-state index < -0.39 is 18.2 Å². The summed E-state index contributed by atoms with van der Waals surface area (Å²) < 4.78 is 23.4. The molecule has 0 N–H and O–H groups in total. The summed E-state index contributed by atoms with van der Waals surface area (Å²) in [5.41, 5.74) is 2.12. The normalized spacial score (nSPS) is 19.0. The van der Waals surface area contributed by atoms with Crippen LogP contribution in [0.1, 0.15) is 46.0 Å². The number of methoxy groups -OCH3 is 2. The molecule has 0 radical (unpaired) electrons. The van der Waals surface area contributed by atoms with E-state index in [9.17, 15) is 14.8 Å². The molecule has 3 fully saturated rings. The fourth-order valence-electron chi connectivity index (χ4n) is 6.11. The summed E-state index contributed by atoms with van der Waals surface area (Å²) in [4.78, 5) is 35.2. The monoisotopic (exact) mass is 712 g/mol. The number of anilines is 1. The molecule has 3 aliphatic heterocycles. The molecule has 252 valence electrons. The SMILES string of the molecule is COc1ccc([C@H](Cc2c(Cl)c[n+]([O-])cc2Cl)OC(=O)c2ccc(CN(C(=O)O[C@H]3CN4CCC3CC4)c3nccs3)cc2)cc1OC. The van der Waals surface area contributed by atoms with Gasteiger partial charge in [-0.05, 0) is 67.2 Å². The van der Waals surface area contributed by atoms with Crippen LogP contribution in [0, 0.1) is 11.1 Å². The Morgan fingerprint density at radius 1 is 1.06 bits per heavy atom. The number of halogens is 2. The average molecular weight is 714 g/mol. The minimum atomic E-state index is -0.851. The van der Waals surface area contributed by atoms with E-state index in [4.69, 9.17) is 42.1 Å². The van der Waals surface area contributed by atoms with E-state index in [-0.39, 0.29) is 29.1 Å². The fourth-order valence-corrected chi connectivity index (χ4v) is 7.34. The zero-order valence-electron chi connectivity index (χ0n) is 26.3. The maximum Gasteiger partial charge on any atom is 0.416 e. The molecule has 0 unspecified atom stereocenters. The molecule has 3 aliphatic rings. The molecule has 2 bridgehead atoms. The topological polar surface area (TPSA) is 117 Å². The van der Waals surface area contributed by atoms with Crippen LogP contribution in [0.5, 0.6) is 11.5 Å². The second-order valence-corrected chi connectivity index (χ2v) is 13.4. The molecule has 4 aromatic rings. The standard InChI is InChI=1S/C34H34Cl2N4O7S/c1-44-28-8-7-24(15-30(28)45-2)29(16-25-26(35)18-39(43)19-27(25)36)46-32(41)23-5-3-21(4-6-23)17-40(33-37-11-14-48-33)34(42)47-31-20-38-12-9-22(31)10-13-38/h3-8,11,14-15,18-19,22,29,31H,9-10,12-13,16-17,20H2,1-2H3/t29-,31-/m0/s1. The third-order valence-electron chi connectivity index (χ3n) is 8.73. The average Bonchev–Trinajstić information content (AvgIpc) is 3.63. The lowest BCUT2D eigenvalue weighted by molar-refractivity contribution is -0.605. The summed E-state index contributed by atoms with van der Waals surface area (Å²) in [7, 11) is 3.03. The molecule has 1 amide bonds. The number of hydrogen-bond acceptors (Lipinski definition) is 10. The summed E-state index contributed by atoms with van der Waals surface area (Å²) in [5, 5.41) is 14.5. The number of carbonyl (C=O) groups is 2. The smallest absolute Gasteiger partial charge is 0.416 e. The van der Waals surface area contributed by atoms with Crippen LogP contribution in [0.15, 0.2) is 66.4 Å². The molecule has 0 saturated carbocycles. The van der Waals surface area contributed by atoms with Crippen molar-refractivity contribution in [2.24, 2.45) is 5.92 Å². The Morgan fingerprint density at radius 3 is 2.38 bits per heavy atom. The van der Waals surface area contributed by atoms with E-state index in [1.54, 1.807) is 48.7 Å². The molecule has 7 rings (SSSR count). The first-order valence-corrected chi connectivity index (χ1v) is 17.0. The summed E-state index contributed by atoms with van der Waals surface area (Å²) >= 11 is 14.1. The molecular weight excluding hydrogens is 679 g/mol. The van der Waals surface area contributed by atoms with Crippen molar-refractivity contribution in [1.29, 1.82) is 0 Å². The van der Waals surface area contributed by atoms with Gasteiger partial charge in [-0.3, -0.25) is 4.90 Å². The first-order valence-electron chi connectivity index (χ1n) is 15.4. The summed E-state index contributed by atoms with van der Waals surface area (Å²) in [5.74, 6) is 0.730. The fraction of sp³-hybridized carbons (Fsp3) is 0.353. The van der Waals surface area contributed by atoms with Gasteiger partial charge in [-0.25, -0.2) is 19.5 Å². The van der Waals surface area contributed by atoms with E-state index in [0.717, 1.165) is 38.0 Å². The van der Waals surface area contributed by atoms with Crippen molar-refractivity contribution in [1.82, 2.24) is 9.88 Å². The van der Waals surface area contributed by atoms with Gasteiger partial charge < -0.3 is 24.2 Å². The number of nitrogens with zero attached hydrogens (tertiary/aromatic N) is 4. The quantitative estimate of drug-likeness (QED) is 0.0979. The molecule has 2 aromatic heterocycles. The van der Waals surface area contributed by atoms with Crippen LogP contribution in [0.2, 0.25) is 10.0 Å². The maximum absolute atomic E-state index is 13.5. The highest BCUT2D eigenvalue weighted by molar-refractivity contribution is 7.13. The van der Waals surface area contributed by atoms with Gasteiger partial charge in [-0.15, -0.1) is 11.3 Å². The Kier molecular flexibility index (Phi) is 10.5. The Balaban J connectivity index is 1.19. The summed E-state index contributed by atoms with van der Waals surface area (Å²) in [6.45, 7) is 3.06. The third kappa shape index (κ3) is 7.62. The Morgan fingerprint density at radius 2 is 1.77 bits per heavy atom. The van der Waals surface area contributed by atoms with E-state index in [2.05, 4.69) is 9.88 Å². The van der Waals surface area contributed by atoms with Crippen LogP contribution in [-0.2, 0) is 22.4 Å². The maximum atomic E-state index is 13.5. The lowest BCUT2D eigenvalue weighted by atomic mass is 9.86. The van der Waals surface area contributed by atoms with Gasteiger partial charge >= 0.3 is 12.1 Å². The van der Waals surface area contributed by atoms with Gasteiger partial charge in [0.2, 0.25) is 0 Å². The van der Waals surface area contributed by atoms with E-state index in [1.165, 1.54) is 42.8 Å². The van der Waals surface area contributed by atoms with E-state index >= 15 is 0 Å². The van der Waals surface area contributed by atoms with Crippen LogP contribution in [0.3, 0.4) is 0 Å². The first kappa shape index (κ1) is 33.8. The van der Waals surface area contributed by atoms with Crippen molar-refractivity contribution in [2.75, 3.05) is 38.8 Å². The van der Waals surface area contributed by atoms with E-state index in [1.807, 2.05) is 5.38 Å². The lowest BCUT2D eigenvalue weighted by Gasteiger charge is -2.44. The van der Waals surface area contributed by atoms with Crippen LogP contribution >= 0.6 is 34.5 Å². The highest BCUT2D eigenvalue weighted by atomic mass is 35.5. The second-order valence-electron chi connectivity index (χ2n) is 11.7. The van der Waals surface area contributed by atoms with Crippen molar-refractivity contribution >= 4 is 51.7 Å². The number of piperidine rings is 3. The molecule has 2 atom stereocenters. The number of ether oxygens (including phenoxy) is 4. The predicted molar refractivity (Wildman–Crippen MR) is 181 cm³/mol. The number of rotatable bonds is 11. The predicted octanol–water partition coefficient (Wildman–Crippen LogP) is 6.48. The van der Waals surface area contributed by atoms with Gasteiger partial charge in [-0.2, -0.15) is 4.73 Å². The minimum Gasteiger partial charge on any atom is -0.619 e. The van der Waals surface area contributed by atoms with Crippen LogP contribution < -0.4 is 19.1 Å². The number of hydrogen-bond donors (Lipinski definition) is 0. The second kappa shape index (κ2) is 15.0. The zero-order valence-corrected chi connectivity index (χ0v) is 28.7. The van der Waals surface area contributed by atoms with Crippen LogP contribution in [0.25, 0.3) is 0 Å². The number of esters is 1. The van der Waals surface area contributed by atoms with E-state index in [0.29, 0.717) is 44.0 Å². The number of benzene rings is 2. The molecule has 3 saturated heterocycles. The first-order chi connectivity index (χ1) is 23.2. The third-order valence-corrected chi connectivity index (χ3v) is 10.2. The van der Waals surface area contributed by atoms with Crippen molar-refractivity contribution in [2.45, 2.75) is 38.0 Å². The van der Waals surface area contributed by atoms with Crippen molar-refractivity contribution in [3.8, 4) is 11.5 Å². The van der Waals surface area contributed by atoms with Gasteiger partial charge in [0.1, 0.15) is 22.3 Å². The zero-order chi connectivity index (χ0) is 33.8. The van der Waals surface area contributed by atoms with Gasteiger partial charge in [-0.1, -0.05) is 41.4 Å². The minimum absolute atomic E-state index is 0.0856. The van der Waals surface area contributed by atoms with Gasteiger partial charge in [0.25, 0.3) is 0 Å². The Labute approximate surface area is 292 Å². The largest absolute Gasteiger partial charge is 0.619 e.